The van der Waals surface area contributed by atoms with Crippen molar-refractivity contribution in [1.82, 2.24) is 0 Å². The molecule has 1 aliphatic rings. The van der Waals surface area contributed by atoms with Crippen molar-refractivity contribution < 1.29 is 4.48 Å². The van der Waals surface area contributed by atoms with Crippen LogP contribution in [0.3, 0.4) is 0 Å². The van der Waals surface area contributed by atoms with Crippen LogP contribution in [0.25, 0.3) is 10.8 Å². The Labute approximate surface area is 114 Å². The fraction of sp³-hybridized carbons (Fsp3) is 0.375. The zero-order chi connectivity index (χ0) is 12.8. The maximum Gasteiger partial charge on any atom is 0.105 e. The minimum Gasteiger partial charge on any atom is -0.317 e. The molecule has 1 nitrogen and oxygen atoms in total. The molecule has 0 aliphatic carbocycles. The van der Waals surface area contributed by atoms with Gasteiger partial charge in [0.1, 0.15) is 13.1 Å². The van der Waals surface area contributed by atoms with Crippen molar-refractivity contribution in [3.05, 3.63) is 46.5 Å². The smallest absolute Gasteiger partial charge is 0.105 e. The van der Waals surface area contributed by atoms with E-state index < -0.39 is 0 Å². The molecule has 0 spiro atoms. The Morgan fingerprint density at radius 2 is 1.56 bits per heavy atom. The van der Waals surface area contributed by atoms with Gasteiger partial charge in [0.15, 0.2) is 0 Å². The summed E-state index contributed by atoms with van der Waals surface area (Å²) in [4.78, 5) is 0. The molecule has 1 heterocycles. The molecule has 2 heteroatoms. The van der Waals surface area contributed by atoms with E-state index in [1.54, 1.807) is 0 Å². The molecule has 94 valence electrons. The fourth-order valence-corrected chi connectivity index (χ4v) is 3.29. The van der Waals surface area contributed by atoms with Crippen LogP contribution in [0, 0.1) is 0 Å². The summed E-state index contributed by atoms with van der Waals surface area (Å²) in [5.74, 6) is 0. The highest BCUT2D eigenvalue weighted by atomic mass is 35.5. The lowest BCUT2D eigenvalue weighted by atomic mass is 10.0. The first-order valence-corrected chi connectivity index (χ1v) is 7.10. The van der Waals surface area contributed by atoms with Gasteiger partial charge in [0, 0.05) is 16.1 Å². The molecule has 18 heavy (non-hydrogen) atoms. The summed E-state index contributed by atoms with van der Waals surface area (Å²) in [6, 6.07) is 10.9. The van der Waals surface area contributed by atoms with Crippen molar-refractivity contribution in [2.24, 2.45) is 0 Å². The molecule has 0 aromatic heterocycles. The highest BCUT2D eigenvalue weighted by Crippen LogP contribution is 2.33. The third-order valence-electron chi connectivity index (χ3n) is 4.47. The monoisotopic (exact) mass is 260 g/mol. The van der Waals surface area contributed by atoms with E-state index in [1.807, 2.05) is 6.07 Å². The molecule has 0 bridgehead atoms. The van der Waals surface area contributed by atoms with E-state index in [-0.39, 0.29) is 0 Å². The van der Waals surface area contributed by atoms with Gasteiger partial charge in [0.25, 0.3) is 0 Å². The maximum atomic E-state index is 6.08. The van der Waals surface area contributed by atoms with Crippen molar-refractivity contribution in [1.29, 1.82) is 0 Å². The van der Waals surface area contributed by atoms with Gasteiger partial charge in [-0.2, -0.15) is 0 Å². The largest absolute Gasteiger partial charge is 0.317 e. The zero-order valence-electron chi connectivity index (χ0n) is 11.0. The summed E-state index contributed by atoms with van der Waals surface area (Å²) in [5.41, 5.74) is 3.03. The van der Waals surface area contributed by atoms with Gasteiger partial charge >= 0.3 is 0 Å². The number of quaternary nitrogens is 1. The predicted octanol–water partition coefficient (Wildman–Crippen LogP) is 4.36. The Bertz CT molecular complexity index is 599. The lowest BCUT2D eigenvalue weighted by Crippen LogP contribution is -2.42. The number of benzene rings is 2. The van der Waals surface area contributed by atoms with Crippen molar-refractivity contribution in [2.75, 3.05) is 13.1 Å². The van der Waals surface area contributed by atoms with Crippen molar-refractivity contribution >= 4 is 22.4 Å². The zero-order valence-corrected chi connectivity index (χ0v) is 11.8. The number of nitrogens with zero attached hydrogens (tertiary/aromatic N) is 1. The second-order valence-corrected chi connectivity index (χ2v) is 5.84. The topological polar surface area (TPSA) is 0 Å². The van der Waals surface area contributed by atoms with Gasteiger partial charge in [-0.05, 0) is 48.9 Å². The van der Waals surface area contributed by atoms with Gasteiger partial charge in [0.05, 0.1) is 13.1 Å². The number of rotatable bonds is 2. The molecule has 0 saturated heterocycles. The SMILES string of the molecule is CC[N+]1(CC)Cc2cc3ccc(Cl)cc3cc2C1. The van der Waals surface area contributed by atoms with Crippen molar-refractivity contribution in [2.45, 2.75) is 26.9 Å². The van der Waals surface area contributed by atoms with Gasteiger partial charge in [-0.1, -0.05) is 17.7 Å². The molecule has 1 aliphatic heterocycles. The summed E-state index contributed by atoms with van der Waals surface area (Å²) >= 11 is 6.08. The van der Waals surface area contributed by atoms with E-state index in [1.165, 1.54) is 52.6 Å². The van der Waals surface area contributed by atoms with Crippen molar-refractivity contribution in [3.8, 4) is 0 Å². The Hall–Kier alpha value is -1.05. The first-order chi connectivity index (χ1) is 8.65. The average molecular weight is 261 g/mol. The van der Waals surface area contributed by atoms with Crippen LogP contribution in [0.1, 0.15) is 25.0 Å². The van der Waals surface area contributed by atoms with Gasteiger partial charge < -0.3 is 4.48 Å². The normalized spacial score (nSPS) is 17.1. The summed E-state index contributed by atoms with van der Waals surface area (Å²) < 4.78 is 1.19. The van der Waals surface area contributed by atoms with E-state index in [0.717, 1.165) is 5.02 Å². The molecule has 2 aromatic carbocycles. The lowest BCUT2D eigenvalue weighted by Gasteiger charge is -2.31. The van der Waals surface area contributed by atoms with E-state index >= 15 is 0 Å². The molecule has 2 aromatic rings. The van der Waals surface area contributed by atoms with Crippen LogP contribution in [0.4, 0.5) is 0 Å². The molecule has 0 fully saturated rings. The number of hydrogen-bond donors (Lipinski definition) is 0. The third kappa shape index (κ3) is 1.82. The Balaban J connectivity index is 2.11. The van der Waals surface area contributed by atoms with Gasteiger partial charge in [-0.15, -0.1) is 0 Å². The van der Waals surface area contributed by atoms with Crippen LogP contribution in [-0.2, 0) is 13.1 Å². The lowest BCUT2D eigenvalue weighted by molar-refractivity contribution is -0.944. The van der Waals surface area contributed by atoms with E-state index in [4.69, 9.17) is 11.6 Å². The highest BCUT2D eigenvalue weighted by molar-refractivity contribution is 6.31. The Morgan fingerprint density at radius 1 is 0.944 bits per heavy atom. The predicted molar refractivity (Wildman–Crippen MR) is 77.7 cm³/mol. The van der Waals surface area contributed by atoms with Gasteiger partial charge in [-0.3, -0.25) is 0 Å². The standard InChI is InChI=1S/C16H19ClN/c1-3-18(4-2)10-14-7-12-5-6-16(17)9-13(12)8-15(14)11-18/h5-9H,3-4,10-11H2,1-2H3/q+1. The van der Waals surface area contributed by atoms with E-state index in [2.05, 4.69) is 38.1 Å². The number of hydrogen-bond acceptors (Lipinski definition) is 0. The summed E-state index contributed by atoms with van der Waals surface area (Å²) in [6.07, 6.45) is 0. The minimum absolute atomic E-state index is 0.826. The van der Waals surface area contributed by atoms with Crippen LogP contribution in [0.2, 0.25) is 5.02 Å². The molecule has 0 amide bonds. The second kappa shape index (κ2) is 4.25. The number of fused-ring (bicyclic) bond motifs is 2. The molecular formula is C16H19ClN+. The first-order valence-electron chi connectivity index (χ1n) is 6.72. The summed E-state index contributed by atoms with van der Waals surface area (Å²) in [5, 5.41) is 3.41. The summed E-state index contributed by atoms with van der Waals surface area (Å²) in [6.45, 7) is 9.37. The van der Waals surface area contributed by atoms with Gasteiger partial charge in [-0.25, -0.2) is 0 Å². The van der Waals surface area contributed by atoms with Crippen LogP contribution >= 0.6 is 11.6 Å². The molecule has 0 radical (unpaired) electrons. The quantitative estimate of drug-likeness (QED) is 0.704. The van der Waals surface area contributed by atoms with Crippen LogP contribution < -0.4 is 0 Å². The summed E-state index contributed by atoms with van der Waals surface area (Å²) in [7, 11) is 0. The molecule has 0 N–H and O–H groups in total. The molecule has 0 saturated carbocycles. The van der Waals surface area contributed by atoms with Crippen LogP contribution in [0.15, 0.2) is 30.3 Å². The van der Waals surface area contributed by atoms with Crippen LogP contribution in [0.5, 0.6) is 0 Å². The van der Waals surface area contributed by atoms with E-state index in [0.29, 0.717) is 0 Å². The van der Waals surface area contributed by atoms with Crippen molar-refractivity contribution in [3.63, 3.8) is 0 Å². The molecule has 0 unspecified atom stereocenters. The maximum absolute atomic E-state index is 6.08. The number of halogens is 1. The van der Waals surface area contributed by atoms with Crippen LogP contribution in [-0.4, -0.2) is 17.6 Å². The van der Waals surface area contributed by atoms with Gasteiger partial charge in [0.2, 0.25) is 0 Å². The Morgan fingerprint density at radius 3 is 2.17 bits per heavy atom. The average Bonchev–Trinajstić information content (AvgIpc) is 2.74. The third-order valence-corrected chi connectivity index (χ3v) is 4.71. The highest BCUT2D eigenvalue weighted by Gasteiger charge is 2.32. The fourth-order valence-electron chi connectivity index (χ4n) is 3.11. The molecule has 0 atom stereocenters. The van der Waals surface area contributed by atoms with E-state index in [9.17, 15) is 0 Å². The Kier molecular flexibility index (Phi) is 2.84. The molecular weight excluding hydrogens is 242 g/mol. The minimum atomic E-state index is 0.826. The second-order valence-electron chi connectivity index (χ2n) is 5.40. The first kappa shape index (κ1) is 12.0. The molecule has 3 rings (SSSR count).